The first kappa shape index (κ1) is 21.0. The predicted octanol–water partition coefficient (Wildman–Crippen LogP) is 3.79. The summed E-state index contributed by atoms with van der Waals surface area (Å²) >= 11 is 5.80. The number of halogens is 1. The van der Waals surface area contributed by atoms with Gasteiger partial charge in [0.15, 0.2) is 0 Å². The van der Waals surface area contributed by atoms with Gasteiger partial charge in [-0.1, -0.05) is 17.7 Å². The zero-order valence-corrected chi connectivity index (χ0v) is 17.3. The molecule has 0 aliphatic carbocycles. The van der Waals surface area contributed by atoms with Crippen LogP contribution in [0.25, 0.3) is 5.69 Å². The summed E-state index contributed by atoms with van der Waals surface area (Å²) in [4.78, 5) is 45.3. The molecule has 0 spiro atoms. The number of carbonyl (C=O) groups is 2. The largest absolute Gasteiger partial charge is 0.322 e. The predicted molar refractivity (Wildman–Crippen MR) is 121 cm³/mol. The van der Waals surface area contributed by atoms with Crippen LogP contribution >= 0.6 is 11.6 Å². The summed E-state index contributed by atoms with van der Waals surface area (Å²) in [5.74, 6) is -0.881. The van der Waals surface area contributed by atoms with Gasteiger partial charge in [-0.25, -0.2) is 9.97 Å². The molecule has 158 valence electrons. The Kier molecular flexibility index (Phi) is 6.05. The first-order valence-corrected chi connectivity index (χ1v) is 9.86. The SMILES string of the molecule is O=C(Nc1ncccc1C(=O)Nc1ccc(-n2ccccc2=O)cc1)c1ccc(Cl)cn1. The van der Waals surface area contributed by atoms with Crippen molar-refractivity contribution in [2.24, 2.45) is 0 Å². The number of hydrogen-bond acceptors (Lipinski definition) is 5. The monoisotopic (exact) mass is 445 g/mol. The highest BCUT2D eigenvalue weighted by Crippen LogP contribution is 2.17. The van der Waals surface area contributed by atoms with Crippen molar-refractivity contribution in [3.8, 4) is 5.69 Å². The van der Waals surface area contributed by atoms with Crippen LogP contribution in [0.1, 0.15) is 20.8 Å². The second-order valence-corrected chi connectivity index (χ2v) is 7.06. The molecule has 0 unspecified atom stereocenters. The molecule has 0 saturated heterocycles. The van der Waals surface area contributed by atoms with Crippen LogP contribution in [0.5, 0.6) is 0 Å². The first-order chi connectivity index (χ1) is 15.5. The lowest BCUT2D eigenvalue weighted by molar-refractivity contribution is 0.102. The van der Waals surface area contributed by atoms with E-state index in [0.29, 0.717) is 16.4 Å². The Bertz CT molecular complexity index is 1330. The van der Waals surface area contributed by atoms with Crippen LogP contribution in [0, 0.1) is 0 Å². The Labute approximate surface area is 187 Å². The number of aromatic nitrogens is 3. The molecule has 0 aliphatic heterocycles. The fraction of sp³-hybridized carbons (Fsp3) is 0. The third kappa shape index (κ3) is 4.71. The summed E-state index contributed by atoms with van der Waals surface area (Å²) < 4.78 is 1.49. The van der Waals surface area contributed by atoms with E-state index in [4.69, 9.17) is 11.6 Å². The molecular formula is C23H16ClN5O3. The lowest BCUT2D eigenvalue weighted by Crippen LogP contribution is -2.20. The molecule has 0 saturated carbocycles. The molecule has 0 atom stereocenters. The van der Waals surface area contributed by atoms with E-state index in [9.17, 15) is 14.4 Å². The van der Waals surface area contributed by atoms with E-state index >= 15 is 0 Å². The van der Waals surface area contributed by atoms with E-state index < -0.39 is 11.8 Å². The molecule has 8 nitrogen and oxygen atoms in total. The van der Waals surface area contributed by atoms with Crippen molar-refractivity contribution < 1.29 is 9.59 Å². The van der Waals surface area contributed by atoms with Gasteiger partial charge < -0.3 is 10.6 Å². The van der Waals surface area contributed by atoms with Gasteiger partial charge >= 0.3 is 0 Å². The molecule has 1 aromatic carbocycles. The average Bonchev–Trinajstić information content (AvgIpc) is 2.81. The van der Waals surface area contributed by atoms with Gasteiger partial charge in [0.25, 0.3) is 17.4 Å². The number of anilines is 2. The van der Waals surface area contributed by atoms with Gasteiger partial charge in [0.1, 0.15) is 11.5 Å². The van der Waals surface area contributed by atoms with Crippen molar-refractivity contribution in [3.05, 3.63) is 112 Å². The van der Waals surface area contributed by atoms with Gasteiger partial charge in [-0.2, -0.15) is 0 Å². The van der Waals surface area contributed by atoms with Crippen molar-refractivity contribution in [1.82, 2.24) is 14.5 Å². The quantitative estimate of drug-likeness (QED) is 0.486. The van der Waals surface area contributed by atoms with Crippen molar-refractivity contribution in [3.63, 3.8) is 0 Å². The van der Waals surface area contributed by atoms with Crippen molar-refractivity contribution in [1.29, 1.82) is 0 Å². The molecule has 0 aliphatic rings. The van der Waals surface area contributed by atoms with Gasteiger partial charge in [0, 0.05) is 36.0 Å². The number of nitrogens with zero attached hydrogens (tertiary/aromatic N) is 3. The van der Waals surface area contributed by atoms with Crippen LogP contribution in [0.4, 0.5) is 11.5 Å². The smallest absolute Gasteiger partial charge is 0.275 e. The average molecular weight is 446 g/mol. The highest BCUT2D eigenvalue weighted by molar-refractivity contribution is 6.30. The van der Waals surface area contributed by atoms with E-state index in [1.54, 1.807) is 60.8 Å². The maximum atomic E-state index is 12.8. The summed E-state index contributed by atoms with van der Waals surface area (Å²) in [6, 6.07) is 17.8. The molecule has 3 heterocycles. The zero-order chi connectivity index (χ0) is 22.5. The maximum absolute atomic E-state index is 12.8. The molecule has 9 heteroatoms. The van der Waals surface area contributed by atoms with Crippen molar-refractivity contribution >= 4 is 34.9 Å². The first-order valence-electron chi connectivity index (χ1n) is 9.49. The van der Waals surface area contributed by atoms with Gasteiger partial charge in [-0.05, 0) is 54.6 Å². The zero-order valence-electron chi connectivity index (χ0n) is 16.5. The Morgan fingerprint density at radius 2 is 1.66 bits per heavy atom. The molecule has 4 rings (SSSR count). The number of hydrogen-bond donors (Lipinski definition) is 2. The minimum atomic E-state index is -0.521. The summed E-state index contributed by atoms with van der Waals surface area (Å²) in [6.45, 7) is 0. The highest BCUT2D eigenvalue weighted by atomic mass is 35.5. The Morgan fingerprint density at radius 1 is 0.844 bits per heavy atom. The fourth-order valence-electron chi connectivity index (χ4n) is 2.91. The number of nitrogens with one attached hydrogen (secondary N) is 2. The minimum absolute atomic E-state index is 0.0965. The van der Waals surface area contributed by atoms with Crippen LogP contribution in [0.3, 0.4) is 0 Å². The second-order valence-electron chi connectivity index (χ2n) is 6.63. The molecular weight excluding hydrogens is 430 g/mol. The lowest BCUT2D eigenvalue weighted by atomic mass is 10.2. The van der Waals surface area contributed by atoms with E-state index in [0.717, 1.165) is 0 Å². The third-order valence-corrected chi connectivity index (χ3v) is 4.69. The normalized spacial score (nSPS) is 10.4. The van der Waals surface area contributed by atoms with Gasteiger partial charge in [0.05, 0.1) is 10.6 Å². The van der Waals surface area contributed by atoms with E-state index in [1.165, 1.54) is 29.1 Å². The molecule has 0 fully saturated rings. The summed E-state index contributed by atoms with van der Waals surface area (Å²) in [5.41, 5.74) is 1.34. The van der Waals surface area contributed by atoms with Gasteiger partial charge in [-0.15, -0.1) is 0 Å². The Hall–Kier alpha value is -4.30. The number of carbonyl (C=O) groups excluding carboxylic acids is 2. The molecule has 2 amide bonds. The van der Waals surface area contributed by atoms with Crippen molar-refractivity contribution in [2.45, 2.75) is 0 Å². The highest BCUT2D eigenvalue weighted by Gasteiger charge is 2.16. The van der Waals surface area contributed by atoms with Gasteiger partial charge in [-0.3, -0.25) is 19.0 Å². The van der Waals surface area contributed by atoms with Crippen LogP contribution in [-0.2, 0) is 0 Å². The van der Waals surface area contributed by atoms with Crippen LogP contribution in [0.2, 0.25) is 5.02 Å². The molecule has 0 radical (unpaired) electrons. The number of pyridine rings is 3. The lowest BCUT2D eigenvalue weighted by Gasteiger charge is -2.11. The van der Waals surface area contributed by atoms with Gasteiger partial charge in [0.2, 0.25) is 0 Å². The van der Waals surface area contributed by atoms with Crippen molar-refractivity contribution in [2.75, 3.05) is 10.6 Å². The standard InChI is InChI=1S/C23H16ClN5O3/c24-15-6-11-19(26-14-15)23(32)28-21-18(4-3-12-25-21)22(31)27-16-7-9-17(10-8-16)29-13-2-1-5-20(29)30/h1-14H,(H,27,31)(H,25,28,32). The van der Waals surface area contributed by atoms with Crippen LogP contribution < -0.4 is 16.2 Å². The Morgan fingerprint density at radius 3 is 2.38 bits per heavy atom. The third-order valence-electron chi connectivity index (χ3n) is 4.47. The number of benzene rings is 1. The fourth-order valence-corrected chi connectivity index (χ4v) is 3.03. The number of amides is 2. The van der Waals surface area contributed by atoms with E-state index in [1.807, 2.05) is 0 Å². The molecule has 4 aromatic rings. The second kappa shape index (κ2) is 9.23. The summed E-state index contributed by atoms with van der Waals surface area (Å²) in [6.07, 6.45) is 4.49. The molecule has 0 bridgehead atoms. The summed E-state index contributed by atoms with van der Waals surface area (Å²) in [7, 11) is 0. The molecule has 32 heavy (non-hydrogen) atoms. The van der Waals surface area contributed by atoms with E-state index in [-0.39, 0.29) is 22.6 Å². The molecule has 3 aromatic heterocycles. The van der Waals surface area contributed by atoms with Crippen LogP contribution in [0.15, 0.2) is 90.1 Å². The maximum Gasteiger partial charge on any atom is 0.275 e. The van der Waals surface area contributed by atoms with Crippen LogP contribution in [-0.4, -0.2) is 26.3 Å². The molecule has 2 N–H and O–H groups in total. The topological polar surface area (TPSA) is 106 Å². The number of rotatable bonds is 5. The summed E-state index contributed by atoms with van der Waals surface area (Å²) in [5, 5.41) is 5.76. The minimum Gasteiger partial charge on any atom is -0.322 e. The Balaban J connectivity index is 1.50. The van der Waals surface area contributed by atoms with E-state index in [2.05, 4.69) is 20.6 Å².